The summed E-state index contributed by atoms with van der Waals surface area (Å²) in [6, 6.07) is 2.56. The fourth-order valence-electron chi connectivity index (χ4n) is 3.40. The van der Waals surface area contributed by atoms with Crippen LogP contribution in [-0.2, 0) is 6.42 Å². The molecule has 1 atom stereocenters. The van der Waals surface area contributed by atoms with Crippen molar-refractivity contribution < 1.29 is 4.42 Å². The number of hydrogen-bond donors (Lipinski definition) is 1. The maximum atomic E-state index is 5.26. The van der Waals surface area contributed by atoms with E-state index in [2.05, 4.69) is 37.1 Å². The molecule has 2 rings (SSSR count). The van der Waals surface area contributed by atoms with Gasteiger partial charge in [-0.2, -0.15) is 0 Å². The fourth-order valence-corrected chi connectivity index (χ4v) is 3.40. The summed E-state index contributed by atoms with van der Waals surface area (Å²) in [5, 5.41) is 3.78. The van der Waals surface area contributed by atoms with Crippen molar-refractivity contribution >= 4 is 0 Å². The van der Waals surface area contributed by atoms with Crippen molar-refractivity contribution in [1.29, 1.82) is 0 Å². The Morgan fingerprint density at radius 3 is 2.52 bits per heavy atom. The number of nitrogens with one attached hydrogen (secondary N) is 1. The lowest BCUT2D eigenvalue weighted by molar-refractivity contribution is 0.0834. The summed E-state index contributed by atoms with van der Waals surface area (Å²) in [7, 11) is 0. The van der Waals surface area contributed by atoms with Crippen LogP contribution in [0.4, 0.5) is 0 Å². The van der Waals surface area contributed by atoms with Crippen molar-refractivity contribution in [2.75, 3.05) is 19.6 Å². The van der Waals surface area contributed by atoms with Crippen molar-refractivity contribution in [2.24, 2.45) is 0 Å². The average molecular weight is 292 g/mol. The van der Waals surface area contributed by atoms with Gasteiger partial charge in [-0.15, -0.1) is 0 Å². The van der Waals surface area contributed by atoms with Crippen LogP contribution in [0.5, 0.6) is 0 Å². The van der Waals surface area contributed by atoms with E-state index in [0.29, 0.717) is 6.04 Å². The van der Waals surface area contributed by atoms with Crippen molar-refractivity contribution in [1.82, 2.24) is 10.2 Å². The molecule has 0 aliphatic carbocycles. The van der Waals surface area contributed by atoms with E-state index >= 15 is 0 Å². The van der Waals surface area contributed by atoms with E-state index in [9.17, 15) is 0 Å². The minimum absolute atomic E-state index is 0.177. The van der Waals surface area contributed by atoms with E-state index in [-0.39, 0.29) is 5.54 Å². The summed E-state index contributed by atoms with van der Waals surface area (Å²) in [5.41, 5.74) is 1.48. The van der Waals surface area contributed by atoms with Crippen LogP contribution in [0.1, 0.15) is 58.4 Å². The highest BCUT2D eigenvalue weighted by atomic mass is 16.3. The molecule has 1 aliphatic rings. The normalized spacial score (nSPS) is 19.4. The molecule has 1 aromatic heterocycles. The Balaban J connectivity index is 2.07. The minimum Gasteiger partial charge on any atom is -0.472 e. The van der Waals surface area contributed by atoms with Crippen molar-refractivity contribution in [3.05, 3.63) is 24.2 Å². The van der Waals surface area contributed by atoms with Crippen molar-refractivity contribution in [3.8, 4) is 0 Å². The molecule has 0 aromatic carbocycles. The van der Waals surface area contributed by atoms with Gasteiger partial charge in [0.2, 0.25) is 0 Å². The lowest BCUT2D eigenvalue weighted by Crippen LogP contribution is -2.59. The number of hydrogen-bond acceptors (Lipinski definition) is 3. The van der Waals surface area contributed by atoms with E-state index in [1.54, 1.807) is 6.26 Å². The molecule has 2 heterocycles. The Kier molecular flexibility index (Phi) is 6.31. The Morgan fingerprint density at radius 2 is 1.95 bits per heavy atom. The Labute approximate surface area is 130 Å². The largest absolute Gasteiger partial charge is 0.472 e. The van der Waals surface area contributed by atoms with Crippen LogP contribution in [0.3, 0.4) is 0 Å². The van der Waals surface area contributed by atoms with E-state index in [1.165, 1.54) is 50.8 Å². The van der Waals surface area contributed by atoms with Crippen LogP contribution in [0, 0.1) is 0 Å². The van der Waals surface area contributed by atoms with Gasteiger partial charge in [-0.25, -0.2) is 0 Å². The third-order valence-corrected chi connectivity index (χ3v) is 4.93. The van der Waals surface area contributed by atoms with Gasteiger partial charge in [-0.05, 0) is 70.8 Å². The lowest BCUT2D eigenvalue weighted by Gasteiger charge is -2.44. The van der Waals surface area contributed by atoms with E-state index in [4.69, 9.17) is 4.42 Å². The quantitative estimate of drug-likeness (QED) is 0.827. The van der Waals surface area contributed by atoms with Gasteiger partial charge in [-0.1, -0.05) is 19.8 Å². The van der Waals surface area contributed by atoms with Gasteiger partial charge in [0.1, 0.15) is 0 Å². The molecule has 0 amide bonds. The number of rotatable bonds is 7. The Hall–Kier alpha value is -0.800. The first-order valence-electron chi connectivity index (χ1n) is 8.64. The van der Waals surface area contributed by atoms with Crippen LogP contribution < -0.4 is 5.32 Å². The first-order valence-corrected chi connectivity index (χ1v) is 8.64. The van der Waals surface area contributed by atoms with Gasteiger partial charge in [0.05, 0.1) is 12.5 Å². The minimum atomic E-state index is 0.177. The third kappa shape index (κ3) is 4.58. The molecule has 0 radical (unpaired) electrons. The fraction of sp³-hybridized carbons (Fsp3) is 0.778. The standard InChI is InChI=1S/C18H32N2O/c1-4-10-19-17(14-16-9-13-21-15-16)18(2,3)20-11-7-5-6-8-12-20/h9,13,15,17,19H,4-8,10-12,14H2,1-3H3. The molecule has 1 saturated heterocycles. The molecule has 3 nitrogen and oxygen atoms in total. The number of likely N-dealkylation sites (tertiary alicyclic amines) is 1. The zero-order valence-electron chi connectivity index (χ0n) is 14.0. The predicted octanol–water partition coefficient (Wildman–Crippen LogP) is 3.84. The van der Waals surface area contributed by atoms with Crippen LogP contribution in [0.2, 0.25) is 0 Å². The van der Waals surface area contributed by atoms with E-state index in [0.717, 1.165) is 13.0 Å². The Bertz CT molecular complexity index is 378. The molecule has 1 unspecified atom stereocenters. The molecule has 1 N–H and O–H groups in total. The van der Waals surface area contributed by atoms with Gasteiger partial charge in [0.15, 0.2) is 0 Å². The van der Waals surface area contributed by atoms with Gasteiger partial charge >= 0.3 is 0 Å². The van der Waals surface area contributed by atoms with Gasteiger partial charge in [0.25, 0.3) is 0 Å². The summed E-state index contributed by atoms with van der Waals surface area (Å²) in [5.74, 6) is 0. The summed E-state index contributed by atoms with van der Waals surface area (Å²) in [6.45, 7) is 10.6. The molecule has 1 aliphatic heterocycles. The van der Waals surface area contributed by atoms with E-state index in [1.807, 2.05) is 6.26 Å². The summed E-state index contributed by atoms with van der Waals surface area (Å²) >= 11 is 0. The Morgan fingerprint density at radius 1 is 1.24 bits per heavy atom. The van der Waals surface area contributed by atoms with Crippen molar-refractivity contribution in [2.45, 2.75) is 70.9 Å². The molecule has 21 heavy (non-hydrogen) atoms. The van der Waals surface area contributed by atoms with Crippen LogP contribution in [0.25, 0.3) is 0 Å². The van der Waals surface area contributed by atoms with Crippen LogP contribution in [0.15, 0.2) is 23.0 Å². The highest BCUT2D eigenvalue weighted by Crippen LogP contribution is 2.25. The maximum absolute atomic E-state index is 5.26. The third-order valence-electron chi connectivity index (χ3n) is 4.93. The second-order valence-electron chi connectivity index (χ2n) is 6.90. The molecule has 0 saturated carbocycles. The number of furan rings is 1. The van der Waals surface area contributed by atoms with Gasteiger partial charge in [0, 0.05) is 11.6 Å². The highest BCUT2D eigenvalue weighted by molar-refractivity contribution is 5.10. The lowest BCUT2D eigenvalue weighted by atomic mass is 9.87. The second-order valence-corrected chi connectivity index (χ2v) is 6.90. The molecule has 3 heteroatoms. The molecular formula is C18H32N2O. The summed E-state index contributed by atoms with van der Waals surface area (Å²) < 4.78 is 5.26. The van der Waals surface area contributed by atoms with Gasteiger partial charge < -0.3 is 9.73 Å². The topological polar surface area (TPSA) is 28.4 Å². The maximum Gasteiger partial charge on any atom is 0.0935 e. The zero-order valence-corrected chi connectivity index (χ0v) is 14.0. The molecule has 1 aromatic rings. The zero-order chi connectivity index (χ0) is 15.1. The first kappa shape index (κ1) is 16.6. The van der Waals surface area contributed by atoms with Crippen LogP contribution in [-0.4, -0.2) is 36.1 Å². The number of nitrogens with zero attached hydrogens (tertiary/aromatic N) is 1. The smallest absolute Gasteiger partial charge is 0.0935 e. The van der Waals surface area contributed by atoms with E-state index < -0.39 is 0 Å². The summed E-state index contributed by atoms with van der Waals surface area (Å²) in [4.78, 5) is 2.70. The molecule has 1 fully saturated rings. The summed E-state index contributed by atoms with van der Waals surface area (Å²) in [6.07, 6.45) is 11.4. The molecule has 0 bridgehead atoms. The predicted molar refractivity (Wildman–Crippen MR) is 88.6 cm³/mol. The monoisotopic (exact) mass is 292 g/mol. The second kappa shape index (κ2) is 8.00. The van der Waals surface area contributed by atoms with Crippen molar-refractivity contribution in [3.63, 3.8) is 0 Å². The highest BCUT2D eigenvalue weighted by Gasteiger charge is 2.35. The van der Waals surface area contributed by atoms with Gasteiger partial charge in [-0.3, -0.25) is 4.90 Å². The SMILES string of the molecule is CCCNC(Cc1ccoc1)C(C)(C)N1CCCCCC1. The first-order chi connectivity index (χ1) is 10.1. The molecule has 0 spiro atoms. The molecule has 120 valence electrons. The average Bonchev–Trinajstić information content (AvgIpc) is 2.82. The molecular weight excluding hydrogens is 260 g/mol. The van der Waals surface area contributed by atoms with Crippen LogP contribution >= 0.6 is 0 Å².